The molecule has 13 rings (SSSR count). The van der Waals surface area contributed by atoms with Gasteiger partial charge in [-0.05, 0) is 131 Å². The van der Waals surface area contributed by atoms with E-state index in [0.29, 0.717) is 0 Å². The molecule has 8 aromatic rings. The third-order valence-electron chi connectivity index (χ3n) is 13.0. The lowest BCUT2D eigenvalue weighted by Crippen LogP contribution is -2.55. The first-order valence-corrected chi connectivity index (χ1v) is 17.8. The summed E-state index contributed by atoms with van der Waals surface area (Å²) in [6.45, 7) is 0. The van der Waals surface area contributed by atoms with Crippen molar-refractivity contribution < 1.29 is 8.83 Å². The molecule has 5 aliphatic carbocycles. The van der Waals surface area contributed by atoms with Crippen LogP contribution in [0.2, 0.25) is 0 Å². The van der Waals surface area contributed by atoms with Gasteiger partial charge in [-0.3, -0.25) is 0 Å². The first-order valence-electron chi connectivity index (χ1n) is 17.8. The van der Waals surface area contributed by atoms with Gasteiger partial charge in [0.05, 0.1) is 0 Å². The van der Waals surface area contributed by atoms with E-state index in [2.05, 4.69) is 121 Å². The topological polar surface area (TPSA) is 26.3 Å². The fourth-order valence-corrected chi connectivity index (χ4v) is 11.5. The summed E-state index contributed by atoms with van der Waals surface area (Å²) in [6, 6.07) is 44.7. The Bertz CT molecular complexity index is 2610. The summed E-state index contributed by atoms with van der Waals surface area (Å²) < 4.78 is 13.3. The van der Waals surface area contributed by atoms with Crippen molar-refractivity contribution in [2.75, 3.05) is 0 Å². The molecule has 2 heteroatoms. The monoisotopic (exact) mass is 618 g/mol. The molecule has 4 saturated carbocycles. The second kappa shape index (κ2) is 9.08. The number of para-hydroxylation sites is 1. The predicted octanol–water partition coefficient (Wildman–Crippen LogP) is 12.5. The van der Waals surface area contributed by atoms with Gasteiger partial charge < -0.3 is 8.83 Å². The molecular formula is C46H34O2. The number of benzene rings is 6. The molecule has 0 amide bonds. The van der Waals surface area contributed by atoms with E-state index in [4.69, 9.17) is 8.83 Å². The molecule has 230 valence electrons. The van der Waals surface area contributed by atoms with Crippen LogP contribution in [-0.2, 0) is 5.41 Å². The summed E-state index contributed by atoms with van der Waals surface area (Å²) in [4.78, 5) is 0. The number of rotatable bonds is 2. The van der Waals surface area contributed by atoms with Crippen molar-refractivity contribution in [3.8, 4) is 33.4 Å². The minimum absolute atomic E-state index is 0.126. The lowest BCUT2D eigenvalue weighted by Gasteiger charge is -2.61. The van der Waals surface area contributed by atoms with Crippen LogP contribution in [0.5, 0.6) is 0 Å². The van der Waals surface area contributed by atoms with Gasteiger partial charge in [0.25, 0.3) is 0 Å². The number of hydrogen-bond donors (Lipinski definition) is 0. The number of furan rings is 2. The zero-order valence-electron chi connectivity index (χ0n) is 26.7. The van der Waals surface area contributed by atoms with E-state index in [0.717, 1.165) is 67.9 Å². The maximum absolute atomic E-state index is 6.79. The highest BCUT2D eigenvalue weighted by molar-refractivity contribution is 6.17. The minimum Gasteiger partial charge on any atom is -0.456 e. The van der Waals surface area contributed by atoms with E-state index < -0.39 is 0 Å². The first kappa shape index (κ1) is 25.9. The molecule has 0 atom stereocenters. The molecule has 1 spiro atoms. The Morgan fingerprint density at radius 3 is 2.02 bits per heavy atom. The number of fused-ring (bicyclic) bond motifs is 9. The maximum atomic E-state index is 6.79. The molecule has 0 aliphatic heterocycles. The van der Waals surface area contributed by atoms with E-state index in [1.165, 1.54) is 65.1 Å². The van der Waals surface area contributed by atoms with E-state index in [1.807, 2.05) is 0 Å². The summed E-state index contributed by atoms with van der Waals surface area (Å²) in [7, 11) is 0. The van der Waals surface area contributed by atoms with Crippen molar-refractivity contribution in [2.45, 2.75) is 37.5 Å². The molecule has 0 N–H and O–H groups in total. The summed E-state index contributed by atoms with van der Waals surface area (Å²) in [5, 5.41) is 4.76. The molecule has 2 nitrogen and oxygen atoms in total. The van der Waals surface area contributed by atoms with Crippen LogP contribution in [0.25, 0.3) is 77.3 Å². The van der Waals surface area contributed by atoms with Gasteiger partial charge in [-0.1, -0.05) is 84.9 Å². The highest BCUT2D eigenvalue weighted by Gasteiger charge is 2.61. The molecule has 0 unspecified atom stereocenters. The van der Waals surface area contributed by atoms with Gasteiger partial charge in [0.15, 0.2) is 0 Å². The van der Waals surface area contributed by atoms with Crippen LogP contribution >= 0.6 is 0 Å². The van der Waals surface area contributed by atoms with Crippen LogP contribution in [0.1, 0.15) is 43.2 Å². The highest BCUT2D eigenvalue weighted by Crippen LogP contribution is 2.69. The smallest absolute Gasteiger partial charge is 0.143 e. The zero-order chi connectivity index (χ0) is 31.1. The van der Waals surface area contributed by atoms with Crippen molar-refractivity contribution in [1.82, 2.24) is 0 Å². The Morgan fingerprint density at radius 1 is 0.438 bits per heavy atom. The Labute approximate surface area is 279 Å². The van der Waals surface area contributed by atoms with E-state index in [1.54, 1.807) is 11.1 Å². The molecule has 2 heterocycles. The largest absolute Gasteiger partial charge is 0.456 e. The van der Waals surface area contributed by atoms with E-state index >= 15 is 0 Å². The predicted molar refractivity (Wildman–Crippen MR) is 195 cm³/mol. The van der Waals surface area contributed by atoms with Gasteiger partial charge in [0, 0.05) is 32.5 Å². The van der Waals surface area contributed by atoms with Crippen LogP contribution in [-0.4, -0.2) is 0 Å². The Hall–Kier alpha value is -5.08. The average Bonchev–Trinajstić information content (AvgIpc) is 3.77. The molecule has 48 heavy (non-hydrogen) atoms. The molecule has 5 aliphatic rings. The SMILES string of the molecule is c1ccc(-c2cc(-c3cccc4oc5cc6c(cc5c34)C3(c4ccccc4-6)C4CC5CC(C4)CC3C5)cc3c2oc2ccccc23)cc1. The van der Waals surface area contributed by atoms with Crippen LogP contribution in [0.4, 0.5) is 0 Å². The van der Waals surface area contributed by atoms with Crippen LogP contribution in [0.3, 0.4) is 0 Å². The van der Waals surface area contributed by atoms with Gasteiger partial charge in [-0.25, -0.2) is 0 Å². The molecule has 4 bridgehead atoms. The van der Waals surface area contributed by atoms with E-state index in [9.17, 15) is 0 Å². The molecule has 0 radical (unpaired) electrons. The van der Waals surface area contributed by atoms with Crippen molar-refractivity contribution in [3.63, 3.8) is 0 Å². The summed E-state index contributed by atoms with van der Waals surface area (Å²) in [6.07, 6.45) is 7.01. The molecular weight excluding hydrogens is 585 g/mol. The quantitative estimate of drug-likeness (QED) is 0.193. The van der Waals surface area contributed by atoms with Crippen molar-refractivity contribution >= 4 is 43.9 Å². The second-order valence-electron chi connectivity index (χ2n) is 15.3. The summed E-state index contributed by atoms with van der Waals surface area (Å²) in [5.74, 6) is 3.31. The van der Waals surface area contributed by atoms with Gasteiger partial charge in [0.2, 0.25) is 0 Å². The van der Waals surface area contributed by atoms with Gasteiger partial charge in [-0.2, -0.15) is 0 Å². The van der Waals surface area contributed by atoms with Gasteiger partial charge >= 0.3 is 0 Å². The third-order valence-corrected chi connectivity index (χ3v) is 13.0. The average molecular weight is 619 g/mol. The van der Waals surface area contributed by atoms with Crippen LogP contribution < -0.4 is 0 Å². The van der Waals surface area contributed by atoms with Crippen molar-refractivity contribution in [1.29, 1.82) is 0 Å². The second-order valence-corrected chi connectivity index (χ2v) is 15.3. The Morgan fingerprint density at radius 2 is 1.17 bits per heavy atom. The first-order chi connectivity index (χ1) is 23.7. The minimum atomic E-state index is 0.126. The molecule has 0 saturated heterocycles. The highest BCUT2D eigenvalue weighted by atomic mass is 16.3. The summed E-state index contributed by atoms with van der Waals surface area (Å²) >= 11 is 0. The Balaban J connectivity index is 1.15. The zero-order valence-corrected chi connectivity index (χ0v) is 26.7. The van der Waals surface area contributed by atoms with Crippen molar-refractivity contribution in [2.24, 2.45) is 23.7 Å². The van der Waals surface area contributed by atoms with Gasteiger partial charge in [-0.15, -0.1) is 0 Å². The maximum Gasteiger partial charge on any atom is 0.143 e. The lowest BCUT2D eigenvalue weighted by molar-refractivity contribution is -0.0399. The molecule has 4 fully saturated rings. The fourth-order valence-electron chi connectivity index (χ4n) is 11.5. The van der Waals surface area contributed by atoms with Crippen LogP contribution in [0.15, 0.2) is 130 Å². The molecule has 6 aromatic carbocycles. The number of hydrogen-bond acceptors (Lipinski definition) is 2. The normalized spacial score (nSPS) is 25.2. The van der Waals surface area contributed by atoms with Crippen LogP contribution in [0, 0.1) is 23.7 Å². The van der Waals surface area contributed by atoms with Gasteiger partial charge in [0.1, 0.15) is 22.3 Å². The third kappa shape index (κ3) is 3.19. The summed E-state index contributed by atoms with van der Waals surface area (Å²) in [5.41, 5.74) is 14.6. The van der Waals surface area contributed by atoms with E-state index in [-0.39, 0.29) is 5.41 Å². The fraction of sp³-hybridized carbons (Fsp3) is 0.217. The standard InChI is InChI=1S/C46H34O2/c1-2-9-28(10-3-1)35-22-29(23-37-34-12-5-7-15-41(34)48-45(35)37)32-13-8-16-42-44(32)38-24-40-36(25-43(38)47-42)33-11-4-6-14-39(33)46(40)30-18-26-17-27(20-30)21-31(46)19-26/h1-16,22-27,30-31H,17-21H2. The lowest BCUT2D eigenvalue weighted by atomic mass is 9.43. The van der Waals surface area contributed by atoms with Crippen molar-refractivity contribution in [3.05, 3.63) is 132 Å². The Kier molecular flexibility index (Phi) is 4.91. The molecule has 2 aromatic heterocycles.